The van der Waals surface area contributed by atoms with E-state index in [1.54, 1.807) is 6.07 Å². The summed E-state index contributed by atoms with van der Waals surface area (Å²) >= 11 is 0. The second-order valence-electron chi connectivity index (χ2n) is 4.42. The molecule has 1 aromatic rings. The predicted molar refractivity (Wildman–Crippen MR) is 74.6 cm³/mol. The Morgan fingerprint density at radius 1 is 1.45 bits per heavy atom. The van der Waals surface area contributed by atoms with Gasteiger partial charge in [-0.1, -0.05) is 0 Å². The van der Waals surface area contributed by atoms with E-state index in [1.165, 1.54) is 0 Å². The molecule has 1 heterocycles. The fraction of sp³-hybridized carbons (Fsp3) is 0.417. The van der Waals surface area contributed by atoms with E-state index in [1.807, 2.05) is 0 Å². The van der Waals surface area contributed by atoms with Gasteiger partial charge in [0.2, 0.25) is 10.0 Å². The monoisotopic (exact) mass is 319 g/mol. The van der Waals surface area contributed by atoms with E-state index >= 15 is 0 Å². The Bertz CT molecular complexity index is 610. The van der Waals surface area contributed by atoms with Gasteiger partial charge in [0.1, 0.15) is 11.9 Å². The molecule has 1 aliphatic rings. The second-order valence-corrected chi connectivity index (χ2v) is 6.13. The SMILES string of the molecule is Cl.N#Cc1cc(S(=O)(=O)NC2CCCNC2)ccc1F. The van der Waals surface area contributed by atoms with Crippen molar-refractivity contribution < 1.29 is 12.8 Å². The first-order chi connectivity index (χ1) is 9.03. The van der Waals surface area contributed by atoms with Crippen LogP contribution in [0.15, 0.2) is 23.1 Å². The number of piperidine rings is 1. The van der Waals surface area contributed by atoms with Gasteiger partial charge >= 0.3 is 0 Å². The van der Waals surface area contributed by atoms with Crippen molar-refractivity contribution in [2.45, 2.75) is 23.8 Å². The zero-order valence-electron chi connectivity index (χ0n) is 10.6. The lowest BCUT2D eigenvalue weighted by Gasteiger charge is -2.23. The molecule has 2 N–H and O–H groups in total. The summed E-state index contributed by atoms with van der Waals surface area (Å²) in [5.41, 5.74) is -0.273. The molecule has 0 aromatic heterocycles. The van der Waals surface area contributed by atoms with Crippen molar-refractivity contribution in [1.82, 2.24) is 10.0 Å². The maximum absolute atomic E-state index is 13.2. The third kappa shape index (κ3) is 3.90. The number of nitrogens with zero attached hydrogens (tertiary/aromatic N) is 1. The maximum atomic E-state index is 13.2. The first kappa shape index (κ1) is 16.9. The fourth-order valence-corrected chi connectivity index (χ4v) is 3.29. The molecule has 1 aliphatic heterocycles. The molecule has 0 bridgehead atoms. The van der Waals surface area contributed by atoms with E-state index in [-0.39, 0.29) is 28.9 Å². The molecule has 20 heavy (non-hydrogen) atoms. The van der Waals surface area contributed by atoms with Crippen LogP contribution in [0, 0.1) is 17.1 Å². The number of hydrogen-bond donors (Lipinski definition) is 2. The summed E-state index contributed by atoms with van der Waals surface area (Å²) in [6, 6.07) is 4.66. The van der Waals surface area contributed by atoms with Crippen molar-refractivity contribution in [2.75, 3.05) is 13.1 Å². The molecule has 5 nitrogen and oxygen atoms in total. The van der Waals surface area contributed by atoms with Gasteiger partial charge in [-0.15, -0.1) is 12.4 Å². The van der Waals surface area contributed by atoms with Crippen LogP contribution in [-0.2, 0) is 10.0 Å². The number of hydrogen-bond acceptors (Lipinski definition) is 4. The molecule has 0 aliphatic carbocycles. The largest absolute Gasteiger partial charge is 0.315 e. The molecule has 1 saturated heterocycles. The predicted octanol–water partition coefficient (Wildman–Crippen LogP) is 1.15. The van der Waals surface area contributed by atoms with Crippen LogP contribution < -0.4 is 10.0 Å². The number of rotatable bonds is 3. The van der Waals surface area contributed by atoms with E-state index in [0.717, 1.165) is 37.6 Å². The molecule has 8 heteroatoms. The molecule has 1 fully saturated rings. The van der Waals surface area contributed by atoms with Gasteiger partial charge in [-0.2, -0.15) is 5.26 Å². The molecule has 1 aromatic carbocycles. The third-order valence-electron chi connectivity index (χ3n) is 2.99. The normalized spacial score (nSPS) is 18.9. The zero-order valence-corrected chi connectivity index (χ0v) is 12.2. The van der Waals surface area contributed by atoms with Gasteiger partial charge in [0.15, 0.2) is 0 Å². The van der Waals surface area contributed by atoms with Crippen molar-refractivity contribution in [3.8, 4) is 6.07 Å². The summed E-state index contributed by atoms with van der Waals surface area (Å²) in [4.78, 5) is -0.0870. The first-order valence-corrected chi connectivity index (χ1v) is 7.44. The molecular weight excluding hydrogens is 305 g/mol. The lowest BCUT2D eigenvalue weighted by atomic mass is 10.1. The smallest absolute Gasteiger partial charge is 0.240 e. The lowest BCUT2D eigenvalue weighted by Crippen LogP contribution is -2.45. The quantitative estimate of drug-likeness (QED) is 0.875. The van der Waals surface area contributed by atoms with Crippen LogP contribution in [0.1, 0.15) is 18.4 Å². The van der Waals surface area contributed by atoms with Gasteiger partial charge < -0.3 is 5.32 Å². The number of halogens is 2. The molecule has 0 spiro atoms. The second kappa shape index (κ2) is 6.99. The Balaban J connectivity index is 0.00000200. The first-order valence-electron chi connectivity index (χ1n) is 5.95. The van der Waals surface area contributed by atoms with Gasteiger partial charge in [0, 0.05) is 12.6 Å². The molecule has 110 valence electrons. The number of nitrogens with one attached hydrogen (secondary N) is 2. The summed E-state index contributed by atoms with van der Waals surface area (Å²) in [6.45, 7) is 1.46. The molecule has 0 radical (unpaired) electrons. The minimum absolute atomic E-state index is 0. The number of nitriles is 1. The van der Waals surface area contributed by atoms with Gasteiger partial charge in [0.05, 0.1) is 10.5 Å². The van der Waals surface area contributed by atoms with E-state index in [9.17, 15) is 12.8 Å². The summed E-state index contributed by atoms with van der Waals surface area (Å²) in [5.74, 6) is -0.721. The average molecular weight is 320 g/mol. The van der Waals surface area contributed by atoms with E-state index in [0.29, 0.717) is 6.54 Å². The van der Waals surface area contributed by atoms with E-state index in [2.05, 4.69) is 10.0 Å². The molecular formula is C12H15ClFN3O2S. The fourth-order valence-electron chi connectivity index (χ4n) is 2.00. The number of benzene rings is 1. The van der Waals surface area contributed by atoms with Crippen LogP contribution >= 0.6 is 12.4 Å². The van der Waals surface area contributed by atoms with Crippen LogP contribution in [0.2, 0.25) is 0 Å². The van der Waals surface area contributed by atoms with Gasteiger partial charge in [-0.25, -0.2) is 17.5 Å². The van der Waals surface area contributed by atoms with Gasteiger partial charge in [-0.05, 0) is 37.6 Å². The molecule has 2 rings (SSSR count). The Kier molecular flexibility index (Phi) is 5.89. The highest BCUT2D eigenvalue weighted by molar-refractivity contribution is 7.89. The molecule has 0 amide bonds. The highest BCUT2D eigenvalue weighted by atomic mass is 35.5. The molecule has 1 atom stereocenters. The minimum atomic E-state index is -3.72. The van der Waals surface area contributed by atoms with Gasteiger partial charge in [-0.3, -0.25) is 0 Å². The summed E-state index contributed by atoms with van der Waals surface area (Å²) in [7, 11) is -3.72. The lowest BCUT2D eigenvalue weighted by molar-refractivity contribution is 0.428. The van der Waals surface area contributed by atoms with Crippen LogP contribution in [0.5, 0.6) is 0 Å². The van der Waals surface area contributed by atoms with E-state index in [4.69, 9.17) is 5.26 Å². The topological polar surface area (TPSA) is 82.0 Å². The van der Waals surface area contributed by atoms with Gasteiger partial charge in [0.25, 0.3) is 0 Å². The summed E-state index contributed by atoms with van der Waals surface area (Å²) in [6.07, 6.45) is 1.67. The zero-order chi connectivity index (χ0) is 13.9. The Labute approximate surface area is 123 Å². The standard InChI is InChI=1S/C12H14FN3O2S.ClH/c13-12-4-3-11(6-9(12)7-14)19(17,18)16-10-2-1-5-15-8-10;/h3-4,6,10,15-16H,1-2,5,8H2;1H. The average Bonchev–Trinajstić information content (AvgIpc) is 2.39. The number of sulfonamides is 1. The Morgan fingerprint density at radius 3 is 2.80 bits per heavy atom. The van der Waals surface area contributed by atoms with Crippen molar-refractivity contribution in [3.63, 3.8) is 0 Å². The van der Waals surface area contributed by atoms with Crippen molar-refractivity contribution in [2.24, 2.45) is 0 Å². The molecule has 1 unspecified atom stereocenters. The van der Waals surface area contributed by atoms with Crippen LogP contribution in [0.3, 0.4) is 0 Å². The van der Waals surface area contributed by atoms with Crippen molar-refractivity contribution in [1.29, 1.82) is 5.26 Å². The van der Waals surface area contributed by atoms with E-state index < -0.39 is 15.8 Å². The highest BCUT2D eigenvalue weighted by Gasteiger charge is 2.22. The molecule has 0 saturated carbocycles. The maximum Gasteiger partial charge on any atom is 0.240 e. The summed E-state index contributed by atoms with van der Waals surface area (Å²) < 4.78 is 39.9. The van der Waals surface area contributed by atoms with Crippen LogP contribution in [0.25, 0.3) is 0 Å². The van der Waals surface area contributed by atoms with Crippen LogP contribution in [0.4, 0.5) is 4.39 Å². The Hall–Kier alpha value is -1.20. The van der Waals surface area contributed by atoms with Crippen LogP contribution in [-0.4, -0.2) is 27.5 Å². The minimum Gasteiger partial charge on any atom is -0.315 e. The highest BCUT2D eigenvalue weighted by Crippen LogP contribution is 2.15. The van der Waals surface area contributed by atoms with Crippen molar-refractivity contribution in [3.05, 3.63) is 29.6 Å². The Morgan fingerprint density at radius 2 is 2.20 bits per heavy atom. The summed E-state index contributed by atoms with van der Waals surface area (Å²) in [5, 5.41) is 11.8. The third-order valence-corrected chi connectivity index (χ3v) is 4.51. The van der Waals surface area contributed by atoms with Crippen molar-refractivity contribution >= 4 is 22.4 Å².